The summed E-state index contributed by atoms with van der Waals surface area (Å²) in [7, 11) is 0. The van der Waals surface area contributed by atoms with Crippen LogP contribution in [0.5, 0.6) is 0 Å². The average molecular weight is 779 g/mol. The molecule has 0 N–H and O–H groups in total. The van der Waals surface area contributed by atoms with E-state index in [2.05, 4.69) is 176 Å². The Labute approximate surface area is 340 Å². The monoisotopic (exact) mass is 778 g/mol. The van der Waals surface area contributed by atoms with Crippen molar-refractivity contribution in [1.82, 2.24) is 9.97 Å². The van der Waals surface area contributed by atoms with Gasteiger partial charge in [-0.05, 0) is 87.0 Å². The molecule has 0 amide bonds. The second-order valence-corrected chi connectivity index (χ2v) is 17.7. The highest BCUT2D eigenvalue weighted by Gasteiger charge is 2.17. The highest BCUT2D eigenvalue weighted by molar-refractivity contribution is 7.27. The standard InChI is InChI=1S/C52H30N2S3/c1-3-22-45-40(16-1)42-20-8-18-38(50(42)55-45)35-13-5-10-31(26-35)33-12-7-15-37(28-33)48-52-49(54-30-53-48)44-29-34(24-25-47(44)57-52)32-11-6-14-36(27-32)39-19-9-21-43-41-17-2-4-23-46(41)56-51(39)43/h1-30H. The number of hydrogen-bond acceptors (Lipinski definition) is 5. The van der Waals surface area contributed by atoms with Crippen molar-refractivity contribution < 1.29 is 0 Å². The van der Waals surface area contributed by atoms with Crippen LogP contribution in [0.25, 0.3) is 116 Å². The van der Waals surface area contributed by atoms with Crippen LogP contribution in [0, 0.1) is 0 Å². The van der Waals surface area contributed by atoms with Gasteiger partial charge in [-0.3, -0.25) is 0 Å². The summed E-state index contributed by atoms with van der Waals surface area (Å²) in [6.45, 7) is 0. The lowest BCUT2D eigenvalue weighted by molar-refractivity contribution is 1.24. The Kier molecular flexibility index (Phi) is 7.48. The van der Waals surface area contributed by atoms with Crippen molar-refractivity contribution in [3.63, 3.8) is 0 Å². The molecule has 0 aliphatic rings. The molecule has 12 aromatic rings. The highest BCUT2D eigenvalue weighted by Crippen LogP contribution is 2.44. The van der Waals surface area contributed by atoms with Crippen molar-refractivity contribution >= 4 is 94.7 Å². The summed E-state index contributed by atoms with van der Waals surface area (Å²) in [6, 6.07) is 64.3. The van der Waals surface area contributed by atoms with Gasteiger partial charge in [-0.2, -0.15) is 0 Å². The molecule has 0 aliphatic carbocycles. The summed E-state index contributed by atoms with van der Waals surface area (Å²) in [5.74, 6) is 0. The van der Waals surface area contributed by atoms with Gasteiger partial charge in [-0.1, -0.05) is 133 Å². The minimum Gasteiger partial charge on any atom is -0.235 e. The van der Waals surface area contributed by atoms with Crippen molar-refractivity contribution in [3.8, 4) is 55.8 Å². The molecular weight excluding hydrogens is 749 g/mol. The summed E-state index contributed by atoms with van der Waals surface area (Å²) in [6.07, 6.45) is 1.72. The fourth-order valence-corrected chi connectivity index (χ4v) is 12.1. The van der Waals surface area contributed by atoms with Crippen LogP contribution < -0.4 is 0 Å². The Balaban J connectivity index is 0.911. The Bertz CT molecular complexity index is 3550. The molecule has 0 saturated carbocycles. The van der Waals surface area contributed by atoms with Crippen LogP contribution >= 0.6 is 34.0 Å². The Hall–Kier alpha value is -6.50. The molecule has 266 valence electrons. The minimum absolute atomic E-state index is 0.967. The third-order valence-corrected chi connectivity index (χ3v) is 14.8. The molecule has 0 bridgehead atoms. The van der Waals surface area contributed by atoms with Crippen LogP contribution in [0.15, 0.2) is 182 Å². The molecule has 4 heterocycles. The molecule has 0 spiro atoms. The first kappa shape index (κ1) is 32.7. The molecule has 12 rings (SSSR count). The first-order valence-corrected chi connectivity index (χ1v) is 21.5. The molecule has 8 aromatic carbocycles. The number of benzene rings is 8. The predicted octanol–water partition coefficient (Wildman–Crippen LogP) is 15.9. The van der Waals surface area contributed by atoms with E-state index < -0.39 is 0 Å². The molecule has 0 aliphatic heterocycles. The zero-order chi connectivity index (χ0) is 37.5. The van der Waals surface area contributed by atoms with Gasteiger partial charge < -0.3 is 0 Å². The minimum atomic E-state index is 0.967. The van der Waals surface area contributed by atoms with Crippen LogP contribution in [-0.4, -0.2) is 9.97 Å². The molecule has 57 heavy (non-hydrogen) atoms. The summed E-state index contributed by atoms with van der Waals surface area (Å²) in [4.78, 5) is 9.77. The van der Waals surface area contributed by atoms with Gasteiger partial charge in [0.25, 0.3) is 0 Å². The molecule has 0 fully saturated rings. The molecular formula is C52H30N2S3. The molecule has 0 unspecified atom stereocenters. The Morgan fingerprint density at radius 3 is 1.37 bits per heavy atom. The lowest BCUT2D eigenvalue weighted by Gasteiger charge is -2.09. The van der Waals surface area contributed by atoms with Crippen molar-refractivity contribution in [2.45, 2.75) is 0 Å². The number of hydrogen-bond donors (Lipinski definition) is 0. The van der Waals surface area contributed by atoms with Crippen LogP contribution in [0.2, 0.25) is 0 Å². The van der Waals surface area contributed by atoms with E-state index in [4.69, 9.17) is 9.97 Å². The van der Waals surface area contributed by atoms with E-state index in [9.17, 15) is 0 Å². The second-order valence-electron chi connectivity index (χ2n) is 14.5. The smallest absolute Gasteiger partial charge is 0.116 e. The first-order chi connectivity index (χ1) is 28.2. The van der Waals surface area contributed by atoms with Crippen LogP contribution in [0.3, 0.4) is 0 Å². The maximum absolute atomic E-state index is 4.90. The number of thiophene rings is 3. The van der Waals surface area contributed by atoms with E-state index in [1.54, 1.807) is 17.7 Å². The fraction of sp³-hybridized carbons (Fsp3) is 0. The summed E-state index contributed by atoms with van der Waals surface area (Å²) in [5.41, 5.74) is 12.8. The molecule has 0 radical (unpaired) electrons. The first-order valence-electron chi connectivity index (χ1n) is 19.0. The Morgan fingerprint density at radius 2 is 0.754 bits per heavy atom. The van der Waals surface area contributed by atoms with E-state index in [0.29, 0.717) is 0 Å². The number of rotatable bonds is 5. The van der Waals surface area contributed by atoms with Gasteiger partial charge in [0.05, 0.1) is 15.9 Å². The van der Waals surface area contributed by atoms with Crippen LogP contribution in [0.4, 0.5) is 0 Å². The third-order valence-electron chi connectivity index (χ3n) is 11.2. The molecule has 5 heteroatoms. The van der Waals surface area contributed by atoms with Crippen molar-refractivity contribution in [1.29, 1.82) is 0 Å². The maximum Gasteiger partial charge on any atom is 0.116 e. The van der Waals surface area contributed by atoms with E-state index in [0.717, 1.165) is 26.9 Å². The quantitative estimate of drug-likeness (QED) is 0.174. The zero-order valence-electron chi connectivity index (χ0n) is 30.4. The van der Waals surface area contributed by atoms with Crippen molar-refractivity contribution in [3.05, 3.63) is 182 Å². The normalized spacial score (nSPS) is 11.9. The van der Waals surface area contributed by atoms with Crippen molar-refractivity contribution in [2.75, 3.05) is 0 Å². The van der Waals surface area contributed by atoms with Gasteiger partial charge in [0.15, 0.2) is 0 Å². The molecule has 0 saturated heterocycles. The van der Waals surface area contributed by atoms with E-state index in [1.807, 2.05) is 22.7 Å². The number of nitrogens with zero attached hydrogens (tertiary/aromatic N) is 2. The summed E-state index contributed by atoms with van der Waals surface area (Å²) in [5, 5.41) is 6.44. The topological polar surface area (TPSA) is 25.8 Å². The van der Waals surface area contributed by atoms with Crippen LogP contribution in [0.1, 0.15) is 0 Å². The van der Waals surface area contributed by atoms with E-state index >= 15 is 0 Å². The SMILES string of the molecule is c1cc(-c2cccc(-c3ncnc4c3sc3ccc(-c5cccc(-c6cccc7c6sc6ccccc67)c5)cc34)c2)cc(-c2cccc3c2sc2ccccc23)c1. The average Bonchev–Trinajstić information content (AvgIpc) is 3.98. The zero-order valence-corrected chi connectivity index (χ0v) is 32.9. The van der Waals surface area contributed by atoms with Crippen LogP contribution in [-0.2, 0) is 0 Å². The number of fused-ring (bicyclic) bond motifs is 9. The third kappa shape index (κ3) is 5.35. The number of aromatic nitrogens is 2. The Morgan fingerprint density at radius 1 is 0.298 bits per heavy atom. The molecule has 4 aromatic heterocycles. The van der Waals surface area contributed by atoms with E-state index in [-0.39, 0.29) is 0 Å². The molecule has 0 atom stereocenters. The summed E-state index contributed by atoms with van der Waals surface area (Å²) >= 11 is 5.52. The van der Waals surface area contributed by atoms with E-state index in [1.165, 1.54) is 89.6 Å². The lowest BCUT2D eigenvalue weighted by atomic mass is 9.96. The summed E-state index contributed by atoms with van der Waals surface area (Å²) < 4.78 is 7.63. The van der Waals surface area contributed by atoms with Gasteiger partial charge in [-0.25, -0.2) is 9.97 Å². The molecule has 2 nitrogen and oxygen atoms in total. The second kappa shape index (κ2) is 13.0. The highest BCUT2D eigenvalue weighted by atomic mass is 32.1. The lowest BCUT2D eigenvalue weighted by Crippen LogP contribution is -1.88. The fourth-order valence-electron chi connectivity index (χ4n) is 8.49. The largest absolute Gasteiger partial charge is 0.235 e. The predicted molar refractivity (Wildman–Crippen MR) is 248 cm³/mol. The van der Waals surface area contributed by atoms with Crippen molar-refractivity contribution in [2.24, 2.45) is 0 Å². The van der Waals surface area contributed by atoms with Gasteiger partial charge in [0.1, 0.15) is 6.33 Å². The van der Waals surface area contributed by atoms with Gasteiger partial charge in [-0.15, -0.1) is 34.0 Å². The van der Waals surface area contributed by atoms with Gasteiger partial charge in [0, 0.05) is 56.0 Å². The maximum atomic E-state index is 4.90. The van der Waals surface area contributed by atoms with Gasteiger partial charge in [0.2, 0.25) is 0 Å². The van der Waals surface area contributed by atoms with Gasteiger partial charge >= 0.3 is 0 Å².